The standard InChI is InChI=1S/C15H19ClN2O/c16-13-6-5-7-14(12(13)10-17)18-11-15(19)8-3-1-2-4-9-15/h5-7,18-19H,1-4,8-9,11H2. The first-order valence-corrected chi connectivity index (χ1v) is 7.17. The number of nitrogens with one attached hydrogen (secondary N) is 1. The molecule has 1 aromatic carbocycles. The smallest absolute Gasteiger partial charge is 0.103 e. The van der Waals surface area contributed by atoms with Gasteiger partial charge in [-0.25, -0.2) is 0 Å². The Kier molecular flexibility index (Phi) is 4.68. The fourth-order valence-electron chi connectivity index (χ4n) is 2.61. The normalized spacial score (nSPS) is 18.4. The van der Waals surface area contributed by atoms with Crippen LogP contribution in [0.2, 0.25) is 5.02 Å². The van der Waals surface area contributed by atoms with Gasteiger partial charge in [0.15, 0.2) is 0 Å². The lowest BCUT2D eigenvalue weighted by atomic mass is 9.94. The molecule has 0 radical (unpaired) electrons. The summed E-state index contributed by atoms with van der Waals surface area (Å²) in [6.45, 7) is 0.474. The maximum absolute atomic E-state index is 10.6. The van der Waals surface area contributed by atoms with Gasteiger partial charge in [0.2, 0.25) is 0 Å². The Balaban J connectivity index is 2.06. The van der Waals surface area contributed by atoms with Crippen LogP contribution in [0.15, 0.2) is 18.2 Å². The molecular formula is C15H19ClN2O. The highest BCUT2D eigenvalue weighted by Gasteiger charge is 2.27. The zero-order chi connectivity index (χ0) is 13.7. The molecule has 0 saturated heterocycles. The summed E-state index contributed by atoms with van der Waals surface area (Å²) < 4.78 is 0. The molecule has 19 heavy (non-hydrogen) atoms. The summed E-state index contributed by atoms with van der Waals surface area (Å²) in [5, 5.41) is 23.3. The van der Waals surface area contributed by atoms with Gasteiger partial charge >= 0.3 is 0 Å². The molecule has 102 valence electrons. The van der Waals surface area contributed by atoms with Crippen LogP contribution in [0.4, 0.5) is 5.69 Å². The summed E-state index contributed by atoms with van der Waals surface area (Å²) in [5.74, 6) is 0. The summed E-state index contributed by atoms with van der Waals surface area (Å²) in [4.78, 5) is 0. The molecule has 1 aliphatic rings. The predicted molar refractivity (Wildman–Crippen MR) is 77.3 cm³/mol. The molecule has 4 heteroatoms. The highest BCUT2D eigenvalue weighted by atomic mass is 35.5. The lowest BCUT2D eigenvalue weighted by Crippen LogP contribution is -2.36. The number of benzene rings is 1. The number of aliphatic hydroxyl groups is 1. The van der Waals surface area contributed by atoms with Crippen LogP contribution in [0.25, 0.3) is 0 Å². The van der Waals surface area contributed by atoms with Gasteiger partial charge in [0.1, 0.15) is 6.07 Å². The SMILES string of the molecule is N#Cc1c(Cl)cccc1NCC1(O)CCCCCC1. The fraction of sp³-hybridized carbons (Fsp3) is 0.533. The highest BCUT2D eigenvalue weighted by molar-refractivity contribution is 6.32. The van der Waals surface area contributed by atoms with E-state index in [1.165, 1.54) is 12.8 Å². The summed E-state index contributed by atoms with van der Waals surface area (Å²) >= 11 is 5.99. The van der Waals surface area contributed by atoms with Crippen LogP contribution < -0.4 is 5.32 Å². The third-order valence-electron chi connectivity index (χ3n) is 3.77. The van der Waals surface area contributed by atoms with Crippen LogP contribution in [0.1, 0.15) is 44.1 Å². The van der Waals surface area contributed by atoms with Crippen molar-refractivity contribution < 1.29 is 5.11 Å². The van der Waals surface area contributed by atoms with Crippen molar-refractivity contribution >= 4 is 17.3 Å². The molecule has 0 aliphatic heterocycles. The zero-order valence-corrected chi connectivity index (χ0v) is 11.7. The molecule has 0 heterocycles. The van der Waals surface area contributed by atoms with E-state index >= 15 is 0 Å². The summed E-state index contributed by atoms with van der Waals surface area (Å²) in [6, 6.07) is 7.43. The van der Waals surface area contributed by atoms with E-state index in [-0.39, 0.29) is 0 Å². The van der Waals surface area contributed by atoms with Crippen molar-refractivity contribution in [2.75, 3.05) is 11.9 Å². The maximum Gasteiger partial charge on any atom is 0.103 e. The van der Waals surface area contributed by atoms with Gasteiger partial charge in [0.05, 0.1) is 21.9 Å². The van der Waals surface area contributed by atoms with Crippen LogP contribution in [0, 0.1) is 11.3 Å². The highest BCUT2D eigenvalue weighted by Crippen LogP contribution is 2.29. The van der Waals surface area contributed by atoms with E-state index < -0.39 is 5.60 Å². The number of halogens is 1. The fourth-order valence-corrected chi connectivity index (χ4v) is 2.83. The van der Waals surface area contributed by atoms with Crippen molar-refractivity contribution in [1.29, 1.82) is 5.26 Å². The number of anilines is 1. The van der Waals surface area contributed by atoms with Crippen LogP contribution in [-0.2, 0) is 0 Å². The lowest BCUT2D eigenvalue weighted by Gasteiger charge is -2.27. The summed E-state index contributed by atoms with van der Waals surface area (Å²) in [7, 11) is 0. The average Bonchev–Trinajstić information content (AvgIpc) is 2.62. The Morgan fingerprint density at radius 2 is 1.95 bits per heavy atom. The molecule has 3 nitrogen and oxygen atoms in total. The summed E-state index contributed by atoms with van der Waals surface area (Å²) in [6.07, 6.45) is 6.18. The largest absolute Gasteiger partial charge is 0.388 e. The monoisotopic (exact) mass is 278 g/mol. The van der Waals surface area contributed by atoms with Gasteiger partial charge in [-0.1, -0.05) is 43.4 Å². The number of hydrogen-bond donors (Lipinski definition) is 2. The average molecular weight is 279 g/mol. The summed E-state index contributed by atoms with van der Waals surface area (Å²) in [5.41, 5.74) is 0.486. The van der Waals surface area contributed by atoms with Gasteiger partial charge in [0.25, 0.3) is 0 Å². The lowest BCUT2D eigenvalue weighted by molar-refractivity contribution is 0.0381. The van der Waals surface area contributed by atoms with Gasteiger partial charge in [-0.05, 0) is 25.0 Å². The first-order chi connectivity index (χ1) is 9.14. The number of rotatable bonds is 3. The van der Waals surface area contributed by atoms with Crippen molar-refractivity contribution in [3.8, 4) is 6.07 Å². The zero-order valence-electron chi connectivity index (χ0n) is 11.0. The van der Waals surface area contributed by atoms with E-state index in [1.54, 1.807) is 6.07 Å². The third-order valence-corrected chi connectivity index (χ3v) is 4.08. The van der Waals surface area contributed by atoms with Crippen LogP contribution in [0.5, 0.6) is 0 Å². The minimum atomic E-state index is -0.661. The second-order valence-corrected chi connectivity index (χ2v) is 5.67. The first-order valence-electron chi connectivity index (χ1n) is 6.79. The van der Waals surface area contributed by atoms with E-state index in [4.69, 9.17) is 16.9 Å². The molecule has 0 bridgehead atoms. The minimum Gasteiger partial charge on any atom is -0.388 e. The molecule has 0 unspecified atom stereocenters. The molecular weight excluding hydrogens is 260 g/mol. The van der Waals surface area contributed by atoms with E-state index in [0.29, 0.717) is 22.8 Å². The Hall–Kier alpha value is -1.24. The van der Waals surface area contributed by atoms with Crippen molar-refractivity contribution in [2.45, 2.75) is 44.1 Å². The molecule has 1 fully saturated rings. The molecule has 1 aliphatic carbocycles. The number of nitriles is 1. The van der Waals surface area contributed by atoms with Gasteiger partial charge in [-0.3, -0.25) is 0 Å². The Morgan fingerprint density at radius 1 is 1.26 bits per heavy atom. The van der Waals surface area contributed by atoms with E-state index in [2.05, 4.69) is 11.4 Å². The van der Waals surface area contributed by atoms with E-state index in [0.717, 1.165) is 25.7 Å². The molecule has 0 spiro atoms. The molecule has 0 aromatic heterocycles. The second-order valence-electron chi connectivity index (χ2n) is 5.27. The van der Waals surface area contributed by atoms with Crippen molar-refractivity contribution in [2.24, 2.45) is 0 Å². The topological polar surface area (TPSA) is 56.0 Å². The molecule has 0 amide bonds. The molecule has 1 saturated carbocycles. The quantitative estimate of drug-likeness (QED) is 0.829. The van der Waals surface area contributed by atoms with Crippen LogP contribution in [-0.4, -0.2) is 17.3 Å². The Bertz CT molecular complexity index is 474. The molecule has 2 rings (SSSR count). The maximum atomic E-state index is 10.6. The van der Waals surface area contributed by atoms with Gasteiger partial charge < -0.3 is 10.4 Å². The van der Waals surface area contributed by atoms with Crippen molar-refractivity contribution in [3.63, 3.8) is 0 Å². The third kappa shape index (κ3) is 3.62. The Morgan fingerprint density at radius 3 is 2.58 bits per heavy atom. The van der Waals surface area contributed by atoms with Gasteiger partial charge in [0, 0.05) is 6.54 Å². The Labute approximate surface area is 119 Å². The van der Waals surface area contributed by atoms with Crippen LogP contribution >= 0.6 is 11.6 Å². The number of hydrogen-bond acceptors (Lipinski definition) is 3. The van der Waals surface area contributed by atoms with Gasteiger partial charge in [-0.15, -0.1) is 0 Å². The van der Waals surface area contributed by atoms with Crippen molar-refractivity contribution in [3.05, 3.63) is 28.8 Å². The molecule has 0 atom stereocenters. The minimum absolute atomic E-state index is 0.445. The van der Waals surface area contributed by atoms with Crippen LogP contribution in [0.3, 0.4) is 0 Å². The van der Waals surface area contributed by atoms with E-state index in [9.17, 15) is 5.11 Å². The molecule has 1 aromatic rings. The number of nitrogens with zero attached hydrogens (tertiary/aromatic N) is 1. The van der Waals surface area contributed by atoms with Gasteiger partial charge in [-0.2, -0.15) is 5.26 Å². The molecule has 2 N–H and O–H groups in total. The predicted octanol–water partition coefficient (Wildman–Crippen LogP) is 3.71. The van der Waals surface area contributed by atoms with Crippen molar-refractivity contribution in [1.82, 2.24) is 0 Å². The first kappa shape index (κ1) is 14.2. The van der Waals surface area contributed by atoms with E-state index in [1.807, 2.05) is 12.1 Å². The second kappa shape index (κ2) is 6.27.